The number of nitrogens with two attached hydrogens (primary N) is 4. The van der Waals surface area contributed by atoms with Crippen LogP contribution < -0.4 is 32.2 Å². The third-order valence-corrected chi connectivity index (χ3v) is 3.26. The smallest absolute Gasteiger partial charge is 0.271 e. The van der Waals surface area contributed by atoms with E-state index in [4.69, 9.17) is 22.0 Å². The van der Waals surface area contributed by atoms with Gasteiger partial charge >= 0.3 is 0 Å². The Morgan fingerprint density at radius 2 is 1.00 bits per heavy atom. The quantitative estimate of drug-likeness (QED) is 0.248. The van der Waals surface area contributed by atoms with Crippen molar-refractivity contribution < 1.29 is 9.13 Å². The molecule has 98 valence electrons. The average Bonchev–Trinajstić information content (AvgIpc) is 2.06. The van der Waals surface area contributed by atoms with Crippen LogP contribution in [0.4, 0.5) is 0 Å². The second kappa shape index (κ2) is 7.53. The fraction of sp³-hybridized carbons (Fsp3) is 1.00. The minimum Gasteiger partial charge on any atom is -0.271 e. The zero-order chi connectivity index (χ0) is 12.7. The van der Waals surface area contributed by atoms with Crippen molar-refractivity contribution in [2.45, 2.75) is 25.7 Å². The maximum absolute atomic E-state index is 10.8. The molecule has 0 bridgehead atoms. The molecular weight excluding hydrogens is 250 g/mol. The third-order valence-electron chi connectivity index (χ3n) is 1.82. The molecule has 0 aromatic carbocycles. The van der Waals surface area contributed by atoms with E-state index in [0.29, 0.717) is 13.1 Å². The minimum absolute atomic E-state index is 0.532. The molecule has 0 radical (unpaired) electrons. The normalized spacial score (nSPS) is 13.0. The molecule has 10 N–H and O–H groups in total. The van der Waals surface area contributed by atoms with Crippen LogP contribution in [-0.2, 0) is 9.13 Å². The summed E-state index contributed by atoms with van der Waals surface area (Å²) >= 11 is 0. The number of hydrogen-bond donors (Lipinski definition) is 6. The van der Waals surface area contributed by atoms with Crippen molar-refractivity contribution in [1.82, 2.24) is 10.2 Å². The Kier molecular flexibility index (Phi) is 7.63. The summed E-state index contributed by atoms with van der Waals surface area (Å²) in [5.41, 5.74) is 20.4. The summed E-state index contributed by atoms with van der Waals surface area (Å²) in [5, 5.41) is 5.10. The highest BCUT2D eigenvalue weighted by Crippen LogP contribution is 2.18. The first kappa shape index (κ1) is 16.2. The van der Waals surface area contributed by atoms with Crippen LogP contribution in [0.1, 0.15) is 25.7 Å². The summed E-state index contributed by atoms with van der Waals surface area (Å²) in [6, 6.07) is 0. The first-order valence-electron chi connectivity index (χ1n) is 5.05. The molecule has 0 aliphatic rings. The molecule has 0 atom stereocenters. The number of rotatable bonds is 9. The van der Waals surface area contributed by atoms with E-state index in [2.05, 4.69) is 10.2 Å². The summed E-state index contributed by atoms with van der Waals surface area (Å²) in [5.74, 6) is 0. The van der Waals surface area contributed by atoms with Gasteiger partial charge in [0.05, 0.1) is 0 Å². The van der Waals surface area contributed by atoms with Crippen molar-refractivity contribution in [2.24, 2.45) is 22.0 Å². The van der Waals surface area contributed by atoms with Crippen LogP contribution in [0.2, 0.25) is 0 Å². The van der Waals surface area contributed by atoms with Crippen LogP contribution in [0.15, 0.2) is 0 Å². The van der Waals surface area contributed by atoms with Gasteiger partial charge in [-0.25, -0.2) is 10.2 Å². The molecule has 0 aliphatic heterocycles. The predicted octanol–water partition coefficient (Wildman–Crippen LogP) is -0.223. The first-order chi connectivity index (χ1) is 7.21. The van der Waals surface area contributed by atoms with Gasteiger partial charge in [-0.15, -0.1) is 0 Å². The van der Waals surface area contributed by atoms with Gasteiger partial charge in [0.1, 0.15) is 0 Å². The first-order valence-corrected chi connectivity index (χ1v) is 8.74. The van der Waals surface area contributed by atoms with Crippen LogP contribution in [0.25, 0.3) is 0 Å². The molecule has 0 unspecified atom stereocenters. The Bertz CT molecular complexity index is 246. The predicted molar refractivity (Wildman–Crippen MR) is 66.4 cm³/mol. The maximum atomic E-state index is 10.8. The van der Waals surface area contributed by atoms with Crippen molar-refractivity contribution >= 4 is 15.2 Å². The monoisotopic (exact) mass is 272 g/mol. The topological polar surface area (TPSA) is 162 Å². The van der Waals surface area contributed by atoms with Gasteiger partial charge in [0.25, 0.3) is 15.2 Å². The molecule has 0 aromatic rings. The van der Waals surface area contributed by atoms with Gasteiger partial charge in [0.15, 0.2) is 0 Å². The van der Waals surface area contributed by atoms with E-state index in [-0.39, 0.29) is 0 Å². The second-order valence-corrected chi connectivity index (χ2v) is 7.12. The van der Waals surface area contributed by atoms with Crippen LogP contribution in [0, 0.1) is 0 Å². The lowest BCUT2D eigenvalue weighted by molar-refractivity contribution is 0.553. The molecule has 0 saturated carbocycles. The van der Waals surface area contributed by atoms with Crippen LogP contribution in [-0.4, -0.2) is 13.1 Å². The Hall–Kier alpha value is 0.220. The van der Waals surface area contributed by atoms with Gasteiger partial charge in [-0.3, -0.25) is 31.1 Å². The van der Waals surface area contributed by atoms with E-state index in [1.54, 1.807) is 0 Å². The molecule has 0 aliphatic carbocycles. The summed E-state index contributed by atoms with van der Waals surface area (Å²) in [4.78, 5) is 0. The van der Waals surface area contributed by atoms with Crippen molar-refractivity contribution in [3.63, 3.8) is 0 Å². The van der Waals surface area contributed by atoms with E-state index < -0.39 is 15.2 Å². The van der Waals surface area contributed by atoms with Crippen LogP contribution in [0.5, 0.6) is 0 Å². The number of hydrogen-bond acceptors (Lipinski definition) is 2. The summed E-state index contributed by atoms with van der Waals surface area (Å²) in [7, 11) is -6.16. The molecule has 0 rings (SSSR count). The minimum atomic E-state index is -3.08. The van der Waals surface area contributed by atoms with Crippen molar-refractivity contribution in [2.75, 3.05) is 13.1 Å². The van der Waals surface area contributed by atoms with Gasteiger partial charge in [0, 0.05) is 13.1 Å². The van der Waals surface area contributed by atoms with E-state index in [1.165, 1.54) is 0 Å². The highest BCUT2D eigenvalue weighted by Gasteiger charge is 2.06. The van der Waals surface area contributed by atoms with Gasteiger partial charge in [0.2, 0.25) is 0 Å². The Morgan fingerprint density at radius 1 is 0.688 bits per heavy atom. The molecule has 0 aromatic heterocycles. The fourth-order valence-electron chi connectivity index (χ4n) is 1.11. The second-order valence-electron chi connectivity index (χ2n) is 3.65. The summed E-state index contributed by atoms with van der Waals surface area (Å²) in [6.07, 6.45) is 3.55. The standard InChI is InChI=1S/C6H22N6O2P2/c7-15(8,13)11-5-3-1-2-4-6-12-16(9,10)14/h1-6H2,(H5,7,8,11,13)(H5,9,10,12,14). The molecule has 0 fully saturated rings. The van der Waals surface area contributed by atoms with E-state index in [9.17, 15) is 9.13 Å². The van der Waals surface area contributed by atoms with Crippen LogP contribution in [0.3, 0.4) is 0 Å². The summed E-state index contributed by atoms with van der Waals surface area (Å²) < 4.78 is 21.7. The Morgan fingerprint density at radius 3 is 1.25 bits per heavy atom. The van der Waals surface area contributed by atoms with E-state index in [1.807, 2.05) is 0 Å². The Labute approximate surface area is 95.9 Å². The van der Waals surface area contributed by atoms with Crippen LogP contribution >= 0.6 is 15.2 Å². The van der Waals surface area contributed by atoms with Gasteiger partial charge in [-0.1, -0.05) is 12.8 Å². The molecule has 10 heteroatoms. The molecule has 0 amide bonds. The lowest BCUT2D eigenvalue weighted by atomic mass is 10.2. The van der Waals surface area contributed by atoms with Crippen molar-refractivity contribution in [3.8, 4) is 0 Å². The average molecular weight is 272 g/mol. The highest BCUT2D eigenvalue weighted by atomic mass is 31.2. The molecular formula is C6H22N6O2P2. The highest BCUT2D eigenvalue weighted by molar-refractivity contribution is 7.57. The fourth-order valence-corrected chi connectivity index (χ4v) is 2.13. The lowest BCUT2D eigenvalue weighted by Crippen LogP contribution is -2.23. The molecule has 16 heavy (non-hydrogen) atoms. The summed E-state index contributed by atoms with van der Waals surface area (Å²) in [6.45, 7) is 1.06. The third kappa shape index (κ3) is 14.2. The van der Waals surface area contributed by atoms with Gasteiger partial charge in [-0.2, -0.15) is 0 Å². The largest absolute Gasteiger partial charge is 0.273 e. The van der Waals surface area contributed by atoms with Gasteiger partial charge < -0.3 is 0 Å². The number of unbranched alkanes of at least 4 members (excludes halogenated alkanes) is 3. The zero-order valence-electron chi connectivity index (χ0n) is 9.26. The molecule has 0 spiro atoms. The maximum Gasteiger partial charge on any atom is 0.273 e. The molecule has 8 nitrogen and oxygen atoms in total. The Balaban J connectivity index is 3.23. The zero-order valence-corrected chi connectivity index (χ0v) is 11.1. The van der Waals surface area contributed by atoms with Crippen molar-refractivity contribution in [3.05, 3.63) is 0 Å². The molecule has 0 heterocycles. The van der Waals surface area contributed by atoms with Gasteiger partial charge in [-0.05, 0) is 12.8 Å². The van der Waals surface area contributed by atoms with E-state index >= 15 is 0 Å². The SMILES string of the molecule is NP(N)(=O)NCCCCCCNP(N)(N)=O. The van der Waals surface area contributed by atoms with E-state index in [0.717, 1.165) is 25.7 Å². The van der Waals surface area contributed by atoms with Crippen molar-refractivity contribution in [1.29, 1.82) is 0 Å². The lowest BCUT2D eigenvalue weighted by Gasteiger charge is -2.09. The molecule has 0 saturated heterocycles. The number of nitrogens with one attached hydrogen (secondary N) is 2.